The molecule has 1 fully saturated rings. The van der Waals surface area contributed by atoms with Crippen LogP contribution in [0.15, 0.2) is 4.99 Å². The number of ether oxygens (including phenoxy) is 1. The van der Waals surface area contributed by atoms with Crippen molar-refractivity contribution in [3.8, 4) is 0 Å². The molecule has 1 aliphatic heterocycles. The number of nitrogens with two attached hydrogens (primary N) is 2. The summed E-state index contributed by atoms with van der Waals surface area (Å²) in [5.74, 6) is 0.709. The second-order valence-electron chi connectivity index (χ2n) is 3.74. The van der Waals surface area contributed by atoms with Crippen LogP contribution in [0.25, 0.3) is 0 Å². The molecular formula is C9H19N5O. The molecule has 0 aliphatic carbocycles. The Bertz CT molecular complexity index is 245. The van der Waals surface area contributed by atoms with Gasteiger partial charge in [-0.25, -0.2) is 0 Å². The van der Waals surface area contributed by atoms with E-state index in [1.54, 1.807) is 7.11 Å². The summed E-state index contributed by atoms with van der Waals surface area (Å²) in [5, 5.41) is 7.01. The lowest BCUT2D eigenvalue weighted by atomic mass is 9.98. The molecule has 0 unspecified atom stereocenters. The number of hydrogen-bond donors (Lipinski definition) is 3. The second kappa shape index (κ2) is 5.55. The molecule has 0 bridgehead atoms. The topological polar surface area (TPSA) is 101 Å². The quantitative estimate of drug-likeness (QED) is 0.427. The number of piperidine rings is 1. The summed E-state index contributed by atoms with van der Waals surface area (Å²) >= 11 is 0. The summed E-state index contributed by atoms with van der Waals surface area (Å²) in [6, 6.07) is 0. The number of nitrogens with zero attached hydrogens (tertiary/aromatic N) is 2. The van der Waals surface area contributed by atoms with Gasteiger partial charge in [-0.1, -0.05) is 0 Å². The Balaban J connectivity index is 2.40. The average Bonchev–Trinajstić information content (AvgIpc) is 2.18. The number of guanidine groups is 2. The van der Waals surface area contributed by atoms with E-state index in [2.05, 4.69) is 4.99 Å². The number of likely N-dealkylation sites (tertiary alicyclic amines) is 1. The molecule has 1 aliphatic rings. The fourth-order valence-corrected chi connectivity index (χ4v) is 1.76. The molecule has 5 N–H and O–H groups in total. The van der Waals surface area contributed by atoms with Crippen LogP contribution in [-0.4, -0.2) is 43.6 Å². The van der Waals surface area contributed by atoms with Crippen molar-refractivity contribution < 1.29 is 4.74 Å². The van der Waals surface area contributed by atoms with E-state index in [0.29, 0.717) is 11.9 Å². The zero-order valence-electron chi connectivity index (χ0n) is 9.07. The van der Waals surface area contributed by atoms with Crippen molar-refractivity contribution >= 4 is 11.9 Å². The van der Waals surface area contributed by atoms with Crippen LogP contribution in [0, 0.1) is 11.3 Å². The summed E-state index contributed by atoms with van der Waals surface area (Å²) in [6.45, 7) is 2.52. The SMILES string of the molecule is COCC1CCN(/C(N)=N/C(=N)N)CC1. The van der Waals surface area contributed by atoms with E-state index in [9.17, 15) is 0 Å². The van der Waals surface area contributed by atoms with Gasteiger partial charge in [0.15, 0.2) is 5.96 Å². The zero-order chi connectivity index (χ0) is 11.3. The molecule has 0 saturated carbocycles. The van der Waals surface area contributed by atoms with Crippen molar-refractivity contribution in [1.29, 1.82) is 5.41 Å². The molecule has 6 heteroatoms. The molecule has 0 spiro atoms. The number of methoxy groups -OCH3 is 1. The van der Waals surface area contributed by atoms with Crippen molar-refractivity contribution in [3.63, 3.8) is 0 Å². The third kappa shape index (κ3) is 3.75. The summed E-state index contributed by atoms with van der Waals surface area (Å²) < 4.78 is 5.11. The van der Waals surface area contributed by atoms with E-state index >= 15 is 0 Å². The Labute approximate surface area is 89.8 Å². The maximum Gasteiger partial charge on any atom is 0.215 e. The number of rotatable bonds is 2. The summed E-state index contributed by atoms with van der Waals surface area (Å²) in [5.41, 5.74) is 10.8. The van der Waals surface area contributed by atoms with Gasteiger partial charge in [0, 0.05) is 26.8 Å². The third-order valence-corrected chi connectivity index (χ3v) is 2.58. The largest absolute Gasteiger partial charge is 0.384 e. The van der Waals surface area contributed by atoms with Gasteiger partial charge in [-0.2, -0.15) is 4.99 Å². The van der Waals surface area contributed by atoms with Gasteiger partial charge in [0.1, 0.15) is 0 Å². The van der Waals surface area contributed by atoms with Crippen molar-refractivity contribution in [3.05, 3.63) is 0 Å². The first-order valence-corrected chi connectivity index (χ1v) is 5.05. The van der Waals surface area contributed by atoms with Crippen LogP contribution in [0.3, 0.4) is 0 Å². The lowest BCUT2D eigenvalue weighted by molar-refractivity contribution is 0.119. The number of aliphatic imine (C=N–C) groups is 1. The Morgan fingerprint density at radius 3 is 2.53 bits per heavy atom. The highest BCUT2D eigenvalue weighted by Gasteiger charge is 2.20. The smallest absolute Gasteiger partial charge is 0.215 e. The molecule has 1 heterocycles. The molecule has 0 aromatic heterocycles. The summed E-state index contributed by atoms with van der Waals surface area (Å²) in [7, 11) is 1.72. The monoisotopic (exact) mass is 213 g/mol. The van der Waals surface area contributed by atoms with Crippen molar-refractivity contribution in [2.24, 2.45) is 22.4 Å². The lowest BCUT2D eigenvalue weighted by Crippen LogP contribution is -2.44. The number of nitrogens with one attached hydrogen (secondary N) is 1. The minimum absolute atomic E-state index is 0.244. The standard InChI is InChI=1S/C9H19N5O/c1-15-6-7-2-4-14(5-3-7)9(12)13-8(10)11/h7H,2-6H2,1H3,(H5,10,11,12,13). The lowest BCUT2D eigenvalue weighted by Gasteiger charge is -2.32. The van der Waals surface area contributed by atoms with Crippen molar-refractivity contribution in [2.75, 3.05) is 26.8 Å². The van der Waals surface area contributed by atoms with E-state index in [4.69, 9.17) is 21.6 Å². The van der Waals surface area contributed by atoms with Gasteiger partial charge in [0.05, 0.1) is 0 Å². The Hall–Kier alpha value is -1.30. The van der Waals surface area contributed by atoms with E-state index in [-0.39, 0.29) is 5.96 Å². The predicted octanol–water partition coefficient (Wildman–Crippen LogP) is -0.447. The first-order chi connectivity index (χ1) is 7.13. The third-order valence-electron chi connectivity index (χ3n) is 2.58. The summed E-state index contributed by atoms with van der Waals surface area (Å²) in [4.78, 5) is 5.67. The minimum atomic E-state index is -0.244. The van der Waals surface area contributed by atoms with Gasteiger partial charge in [-0.3, -0.25) is 5.41 Å². The molecule has 1 saturated heterocycles. The highest BCUT2D eigenvalue weighted by Crippen LogP contribution is 2.16. The second-order valence-corrected chi connectivity index (χ2v) is 3.74. The molecule has 6 nitrogen and oxygen atoms in total. The van der Waals surface area contributed by atoms with Gasteiger partial charge in [-0.15, -0.1) is 0 Å². The predicted molar refractivity (Wildman–Crippen MR) is 59.7 cm³/mol. The van der Waals surface area contributed by atoms with E-state index in [0.717, 1.165) is 32.5 Å². The van der Waals surface area contributed by atoms with Crippen LogP contribution < -0.4 is 11.5 Å². The van der Waals surface area contributed by atoms with Gasteiger partial charge < -0.3 is 21.1 Å². The molecule has 0 amide bonds. The molecular weight excluding hydrogens is 194 g/mol. The molecule has 0 atom stereocenters. The van der Waals surface area contributed by atoms with Gasteiger partial charge in [0.25, 0.3) is 0 Å². The maximum atomic E-state index is 7.01. The Morgan fingerprint density at radius 1 is 1.47 bits per heavy atom. The fourth-order valence-electron chi connectivity index (χ4n) is 1.76. The van der Waals surface area contributed by atoms with Crippen molar-refractivity contribution in [1.82, 2.24) is 4.90 Å². The van der Waals surface area contributed by atoms with Crippen molar-refractivity contribution in [2.45, 2.75) is 12.8 Å². The fraction of sp³-hybridized carbons (Fsp3) is 0.778. The van der Waals surface area contributed by atoms with Gasteiger partial charge >= 0.3 is 0 Å². The minimum Gasteiger partial charge on any atom is -0.384 e. The van der Waals surface area contributed by atoms with Crippen LogP contribution >= 0.6 is 0 Å². The highest BCUT2D eigenvalue weighted by molar-refractivity contribution is 5.91. The van der Waals surface area contributed by atoms with Gasteiger partial charge in [-0.05, 0) is 18.8 Å². The Kier molecular flexibility index (Phi) is 4.36. The molecule has 0 aromatic rings. The highest BCUT2D eigenvalue weighted by atomic mass is 16.5. The van der Waals surface area contributed by atoms with E-state index in [1.165, 1.54) is 0 Å². The molecule has 15 heavy (non-hydrogen) atoms. The maximum absolute atomic E-state index is 7.01. The van der Waals surface area contributed by atoms with Gasteiger partial charge in [0.2, 0.25) is 5.96 Å². The normalized spacial score (nSPS) is 19.3. The van der Waals surface area contributed by atoms with Crippen LogP contribution in [0.1, 0.15) is 12.8 Å². The van der Waals surface area contributed by atoms with Crippen LogP contribution in [-0.2, 0) is 4.74 Å². The van der Waals surface area contributed by atoms with Crippen LogP contribution in [0.4, 0.5) is 0 Å². The van der Waals surface area contributed by atoms with E-state index < -0.39 is 0 Å². The zero-order valence-corrected chi connectivity index (χ0v) is 9.07. The summed E-state index contributed by atoms with van der Waals surface area (Å²) in [6.07, 6.45) is 2.09. The molecule has 0 radical (unpaired) electrons. The average molecular weight is 213 g/mol. The molecule has 0 aromatic carbocycles. The first-order valence-electron chi connectivity index (χ1n) is 5.05. The van der Waals surface area contributed by atoms with Crippen LogP contribution in [0.2, 0.25) is 0 Å². The first kappa shape index (κ1) is 11.8. The number of hydrogen-bond acceptors (Lipinski definition) is 2. The molecule has 1 rings (SSSR count). The molecule has 86 valence electrons. The van der Waals surface area contributed by atoms with E-state index in [1.807, 2.05) is 4.90 Å². The van der Waals surface area contributed by atoms with Crippen LogP contribution in [0.5, 0.6) is 0 Å². The Morgan fingerprint density at radius 2 is 2.07 bits per heavy atom.